The van der Waals surface area contributed by atoms with E-state index < -0.39 is 9.84 Å². The van der Waals surface area contributed by atoms with E-state index in [1.165, 1.54) is 0 Å². The molecule has 4 nitrogen and oxygen atoms in total. The van der Waals surface area contributed by atoms with E-state index in [0.29, 0.717) is 13.1 Å². The Morgan fingerprint density at radius 3 is 2.40 bits per heavy atom. The molecule has 0 aromatic carbocycles. The van der Waals surface area contributed by atoms with Crippen molar-refractivity contribution in [1.82, 2.24) is 5.32 Å². The number of nitrogens with zero attached hydrogens (tertiary/aromatic N) is 1. The first-order valence-corrected chi connectivity index (χ1v) is 6.97. The van der Waals surface area contributed by atoms with Crippen LogP contribution in [-0.4, -0.2) is 33.0 Å². The third-order valence-electron chi connectivity index (χ3n) is 2.26. The van der Waals surface area contributed by atoms with Crippen LogP contribution >= 0.6 is 0 Å². The predicted molar refractivity (Wildman–Crippen MR) is 61.2 cm³/mol. The van der Waals surface area contributed by atoms with Crippen LogP contribution < -0.4 is 5.32 Å². The molecule has 0 aromatic rings. The predicted octanol–water partition coefficient (Wildman–Crippen LogP) is 0.951. The molecule has 0 rings (SSSR count). The number of nitrogens with one attached hydrogen (secondary N) is 1. The monoisotopic (exact) mass is 232 g/mol. The number of hydrogen-bond acceptors (Lipinski definition) is 4. The van der Waals surface area contributed by atoms with E-state index >= 15 is 0 Å². The maximum Gasteiger partial charge on any atom is 0.151 e. The lowest BCUT2D eigenvalue weighted by atomic mass is 9.92. The number of hydrogen-bond donors (Lipinski definition) is 1. The molecule has 0 aliphatic heterocycles. The Balaban J connectivity index is 3.63. The zero-order valence-corrected chi connectivity index (χ0v) is 10.5. The minimum atomic E-state index is -2.87. The molecule has 0 unspecified atom stereocenters. The molecule has 0 bridgehead atoms. The highest BCUT2D eigenvalue weighted by molar-refractivity contribution is 7.91. The van der Waals surface area contributed by atoms with Gasteiger partial charge in [-0.2, -0.15) is 5.26 Å². The summed E-state index contributed by atoms with van der Waals surface area (Å²) < 4.78 is 22.2. The summed E-state index contributed by atoms with van der Waals surface area (Å²) in [7, 11) is -2.87. The molecule has 88 valence electrons. The van der Waals surface area contributed by atoms with E-state index in [0.717, 1.165) is 6.42 Å². The molecule has 1 N–H and O–H groups in total. The number of rotatable bonds is 7. The topological polar surface area (TPSA) is 70.0 Å². The van der Waals surface area contributed by atoms with Gasteiger partial charge >= 0.3 is 0 Å². The lowest BCUT2D eigenvalue weighted by Crippen LogP contribution is -2.27. The van der Waals surface area contributed by atoms with Crippen molar-refractivity contribution in [3.05, 3.63) is 0 Å². The molecule has 0 saturated carbocycles. The van der Waals surface area contributed by atoms with E-state index in [4.69, 9.17) is 5.26 Å². The van der Waals surface area contributed by atoms with Gasteiger partial charge in [0.2, 0.25) is 0 Å². The van der Waals surface area contributed by atoms with Crippen LogP contribution in [0.3, 0.4) is 0 Å². The first kappa shape index (κ1) is 14.4. The fraction of sp³-hybridized carbons (Fsp3) is 0.900. The van der Waals surface area contributed by atoms with Gasteiger partial charge in [-0.15, -0.1) is 0 Å². The molecule has 0 saturated heterocycles. The summed E-state index contributed by atoms with van der Waals surface area (Å²) in [6.45, 7) is 6.54. The summed E-state index contributed by atoms with van der Waals surface area (Å²) in [5.41, 5.74) is -0.337. The summed E-state index contributed by atoms with van der Waals surface area (Å²) in [4.78, 5) is 0. The van der Waals surface area contributed by atoms with Crippen molar-refractivity contribution in [2.75, 3.05) is 24.6 Å². The molecule has 0 atom stereocenters. The summed E-state index contributed by atoms with van der Waals surface area (Å²) in [5, 5.41) is 11.8. The van der Waals surface area contributed by atoms with Crippen molar-refractivity contribution in [2.45, 2.75) is 27.2 Å². The Morgan fingerprint density at radius 2 is 1.93 bits per heavy atom. The molecular weight excluding hydrogens is 212 g/mol. The van der Waals surface area contributed by atoms with Crippen LogP contribution in [0.15, 0.2) is 0 Å². The first-order chi connectivity index (χ1) is 6.83. The van der Waals surface area contributed by atoms with E-state index in [9.17, 15) is 8.42 Å². The highest BCUT2D eigenvalue weighted by Crippen LogP contribution is 2.16. The summed E-state index contributed by atoms with van der Waals surface area (Å²) in [6, 6.07) is 2.20. The second kappa shape index (κ2) is 6.09. The van der Waals surface area contributed by atoms with E-state index in [1.807, 2.05) is 13.8 Å². The molecule has 5 heteroatoms. The Labute approximate surface area is 92.6 Å². The minimum Gasteiger partial charge on any atom is -0.316 e. The third-order valence-corrected chi connectivity index (χ3v) is 3.96. The average Bonchev–Trinajstić information content (AvgIpc) is 2.17. The first-order valence-electron chi connectivity index (χ1n) is 5.15. The number of sulfone groups is 1. The van der Waals surface area contributed by atoms with Gasteiger partial charge in [0.05, 0.1) is 17.2 Å². The van der Waals surface area contributed by atoms with Crippen LogP contribution in [0.5, 0.6) is 0 Å². The van der Waals surface area contributed by atoms with Gasteiger partial charge in [-0.1, -0.05) is 6.92 Å². The van der Waals surface area contributed by atoms with Gasteiger partial charge in [0, 0.05) is 12.3 Å². The van der Waals surface area contributed by atoms with Crippen LogP contribution in [-0.2, 0) is 9.84 Å². The largest absolute Gasteiger partial charge is 0.316 e. The van der Waals surface area contributed by atoms with Crippen molar-refractivity contribution in [3.8, 4) is 6.07 Å². The highest BCUT2D eigenvalue weighted by atomic mass is 32.2. The molecule has 0 radical (unpaired) electrons. The van der Waals surface area contributed by atoms with Gasteiger partial charge in [-0.3, -0.25) is 0 Å². The lowest BCUT2D eigenvalue weighted by Gasteiger charge is -2.14. The maximum absolute atomic E-state index is 11.1. The summed E-state index contributed by atoms with van der Waals surface area (Å²) >= 11 is 0. The van der Waals surface area contributed by atoms with Gasteiger partial charge in [-0.25, -0.2) is 8.42 Å². The Hall–Kier alpha value is -0.600. The van der Waals surface area contributed by atoms with Gasteiger partial charge < -0.3 is 5.32 Å². The lowest BCUT2D eigenvalue weighted by molar-refractivity contribution is 0.436. The van der Waals surface area contributed by atoms with Gasteiger partial charge in [-0.05, 0) is 26.8 Å². The van der Waals surface area contributed by atoms with Crippen LogP contribution in [0.4, 0.5) is 0 Å². The van der Waals surface area contributed by atoms with Crippen LogP contribution in [0, 0.1) is 16.7 Å². The van der Waals surface area contributed by atoms with Crippen molar-refractivity contribution in [3.63, 3.8) is 0 Å². The van der Waals surface area contributed by atoms with Gasteiger partial charge in [0.25, 0.3) is 0 Å². The van der Waals surface area contributed by atoms with E-state index in [1.54, 1.807) is 6.92 Å². The van der Waals surface area contributed by atoms with Gasteiger partial charge in [0.1, 0.15) is 0 Å². The molecule has 0 fully saturated rings. The highest BCUT2D eigenvalue weighted by Gasteiger charge is 2.15. The van der Waals surface area contributed by atoms with Crippen molar-refractivity contribution >= 4 is 9.84 Å². The van der Waals surface area contributed by atoms with Crippen molar-refractivity contribution in [1.29, 1.82) is 5.26 Å². The maximum atomic E-state index is 11.1. The summed E-state index contributed by atoms with van der Waals surface area (Å²) in [5.74, 6) is 0.370. The Kier molecular flexibility index (Phi) is 5.84. The molecule has 0 heterocycles. The fourth-order valence-corrected chi connectivity index (χ4v) is 1.70. The average molecular weight is 232 g/mol. The zero-order valence-electron chi connectivity index (χ0n) is 9.71. The molecule has 0 aliphatic carbocycles. The molecule has 0 aliphatic rings. The minimum absolute atomic E-state index is 0.177. The zero-order chi connectivity index (χ0) is 11.9. The fourth-order valence-electron chi connectivity index (χ4n) is 0.954. The SMILES string of the molecule is CCS(=O)(=O)CCNCCC(C)(C)C#N. The van der Waals surface area contributed by atoms with Crippen LogP contribution in [0.25, 0.3) is 0 Å². The summed E-state index contributed by atoms with van der Waals surface area (Å²) in [6.07, 6.45) is 0.732. The second-order valence-corrected chi connectivity index (χ2v) is 6.70. The normalized spacial score (nSPS) is 12.4. The molecule has 0 spiro atoms. The quantitative estimate of drug-likeness (QED) is 0.663. The molecule has 15 heavy (non-hydrogen) atoms. The Morgan fingerprint density at radius 1 is 1.33 bits per heavy atom. The van der Waals surface area contributed by atoms with Crippen molar-refractivity contribution < 1.29 is 8.42 Å². The smallest absolute Gasteiger partial charge is 0.151 e. The van der Waals surface area contributed by atoms with E-state index in [-0.39, 0.29) is 16.9 Å². The second-order valence-electron chi connectivity index (χ2n) is 4.23. The molecule has 0 amide bonds. The van der Waals surface area contributed by atoms with Crippen LogP contribution in [0.2, 0.25) is 0 Å². The number of nitriles is 1. The standard InChI is InChI=1S/C10H20N2O2S/c1-4-15(13,14)8-7-12-6-5-10(2,3)9-11/h12H,4-8H2,1-3H3. The van der Waals surface area contributed by atoms with E-state index in [2.05, 4.69) is 11.4 Å². The van der Waals surface area contributed by atoms with Crippen molar-refractivity contribution in [2.24, 2.45) is 5.41 Å². The third kappa shape index (κ3) is 7.34. The van der Waals surface area contributed by atoms with Gasteiger partial charge in [0.15, 0.2) is 9.84 Å². The molecular formula is C10H20N2O2S. The van der Waals surface area contributed by atoms with Crippen LogP contribution in [0.1, 0.15) is 27.2 Å². The Bertz CT molecular complexity index is 315. The molecule has 0 aromatic heterocycles.